The molecule has 0 aliphatic heterocycles. The van der Waals surface area contributed by atoms with Crippen LogP contribution in [-0.4, -0.2) is 12.4 Å². The molecule has 0 aromatic heterocycles. The number of carbonyl (C=O) groups is 1. The summed E-state index contributed by atoms with van der Waals surface area (Å²) >= 11 is 0. The first-order chi connectivity index (χ1) is 8.70. The third kappa shape index (κ3) is 3.12. The molecule has 0 N–H and O–H groups in total. The van der Waals surface area contributed by atoms with Gasteiger partial charge in [0.2, 0.25) is 0 Å². The van der Waals surface area contributed by atoms with Gasteiger partial charge in [-0.25, -0.2) is 0 Å². The summed E-state index contributed by atoms with van der Waals surface area (Å²) in [6.07, 6.45) is 3.90. The molecule has 98 valence electrons. The van der Waals surface area contributed by atoms with Crippen LogP contribution in [0, 0.1) is 5.92 Å². The lowest BCUT2D eigenvalue weighted by Gasteiger charge is -2.25. The lowest BCUT2D eigenvalue weighted by molar-refractivity contribution is -0.123. The Morgan fingerprint density at radius 3 is 2.56 bits per heavy atom. The summed E-state index contributed by atoms with van der Waals surface area (Å²) < 4.78 is 5.56. The SMILES string of the molecule is CCCOc1ccc([C@@H]2CC[C@@H](C)CC2=O)cc1. The van der Waals surface area contributed by atoms with Crippen molar-refractivity contribution in [2.75, 3.05) is 6.61 Å². The molecule has 1 aliphatic carbocycles. The van der Waals surface area contributed by atoms with Crippen LogP contribution in [0.15, 0.2) is 24.3 Å². The largest absolute Gasteiger partial charge is 0.494 e. The van der Waals surface area contributed by atoms with E-state index in [1.165, 1.54) is 0 Å². The minimum atomic E-state index is 0.112. The van der Waals surface area contributed by atoms with Gasteiger partial charge in [-0.15, -0.1) is 0 Å². The van der Waals surface area contributed by atoms with Gasteiger partial charge in [0.25, 0.3) is 0 Å². The van der Waals surface area contributed by atoms with Gasteiger partial charge in [0.1, 0.15) is 11.5 Å². The minimum Gasteiger partial charge on any atom is -0.494 e. The second-order valence-electron chi connectivity index (χ2n) is 5.32. The van der Waals surface area contributed by atoms with Crippen LogP contribution in [0.4, 0.5) is 0 Å². The molecule has 2 rings (SSSR count). The van der Waals surface area contributed by atoms with Gasteiger partial charge >= 0.3 is 0 Å². The predicted molar refractivity (Wildman–Crippen MR) is 73.0 cm³/mol. The van der Waals surface area contributed by atoms with Crippen molar-refractivity contribution in [2.45, 2.75) is 45.4 Å². The van der Waals surface area contributed by atoms with Crippen molar-refractivity contribution in [1.29, 1.82) is 0 Å². The first-order valence-corrected chi connectivity index (χ1v) is 6.96. The number of rotatable bonds is 4. The molecule has 0 saturated heterocycles. The molecule has 0 spiro atoms. The third-order valence-electron chi connectivity index (χ3n) is 3.64. The molecule has 1 fully saturated rings. The zero-order chi connectivity index (χ0) is 13.0. The van der Waals surface area contributed by atoms with Crippen LogP contribution in [0.1, 0.15) is 51.0 Å². The molecular formula is C16H22O2. The molecule has 0 unspecified atom stereocenters. The van der Waals surface area contributed by atoms with Crippen LogP contribution in [0.3, 0.4) is 0 Å². The smallest absolute Gasteiger partial charge is 0.140 e. The number of ether oxygens (including phenoxy) is 1. The van der Waals surface area contributed by atoms with E-state index >= 15 is 0 Å². The van der Waals surface area contributed by atoms with E-state index in [2.05, 4.69) is 13.8 Å². The average Bonchev–Trinajstić information content (AvgIpc) is 2.37. The first-order valence-electron chi connectivity index (χ1n) is 6.96. The molecule has 18 heavy (non-hydrogen) atoms. The Morgan fingerprint density at radius 2 is 1.94 bits per heavy atom. The number of hydrogen-bond acceptors (Lipinski definition) is 2. The van der Waals surface area contributed by atoms with Crippen molar-refractivity contribution in [2.24, 2.45) is 5.92 Å². The van der Waals surface area contributed by atoms with Crippen molar-refractivity contribution >= 4 is 5.78 Å². The highest BCUT2D eigenvalue weighted by molar-refractivity contribution is 5.86. The standard InChI is InChI=1S/C16H22O2/c1-3-10-18-14-7-5-13(6-8-14)15-9-4-12(2)11-16(15)17/h5-8,12,15H,3-4,9-11H2,1-2H3/t12-,15+/m1/s1. The van der Waals surface area contributed by atoms with E-state index in [-0.39, 0.29) is 5.92 Å². The molecular weight excluding hydrogens is 224 g/mol. The first kappa shape index (κ1) is 13.1. The molecule has 2 atom stereocenters. The Labute approximate surface area is 109 Å². The fraction of sp³-hybridized carbons (Fsp3) is 0.562. The topological polar surface area (TPSA) is 26.3 Å². The van der Waals surface area contributed by atoms with Gasteiger partial charge in [0.05, 0.1) is 6.61 Å². The molecule has 0 bridgehead atoms. The van der Waals surface area contributed by atoms with Gasteiger partial charge < -0.3 is 4.74 Å². The van der Waals surface area contributed by atoms with Crippen molar-refractivity contribution < 1.29 is 9.53 Å². The Morgan fingerprint density at radius 1 is 1.22 bits per heavy atom. The normalized spacial score (nSPS) is 24.0. The second kappa shape index (κ2) is 6.03. The van der Waals surface area contributed by atoms with Gasteiger partial charge in [-0.1, -0.05) is 26.0 Å². The molecule has 1 aliphatic rings. The Balaban J connectivity index is 2.02. The van der Waals surface area contributed by atoms with Gasteiger partial charge in [-0.05, 0) is 42.9 Å². The highest BCUT2D eigenvalue weighted by Crippen LogP contribution is 2.33. The Hall–Kier alpha value is -1.31. The van der Waals surface area contributed by atoms with Crippen LogP contribution in [-0.2, 0) is 4.79 Å². The summed E-state index contributed by atoms with van der Waals surface area (Å²) in [7, 11) is 0. The molecule has 1 aromatic carbocycles. The number of carbonyl (C=O) groups excluding carboxylic acids is 1. The summed E-state index contributed by atoms with van der Waals surface area (Å²) in [5.41, 5.74) is 1.15. The summed E-state index contributed by atoms with van der Waals surface area (Å²) in [4.78, 5) is 12.0. The van der Waals surface area contributed by atoms with Crippen LogP contribution in [0.25, 0.3) is 0 Å². The lowest BCUT2D eigenvalue weighted by Crippen LogP contribution is -2.21. The second-order valence-corrected chi connectivity index (χ2v) is 5.32. The van der Waals surface area contributed by atoms with Gasteiger partial charge in [0.15, 0.2) is 0 Å². The average molecular weight is 246 g/mol. The minimum absolute atomic E-state index is 0.112. The fourth-order valence-electron chi connectivity index (χ4n) is 2.57. The highest BCUT2D eigenvalue weighted by Gasteiger charge is 2.27. The summed E-state index contributed by atoms with van der Waals surface area (Å²) in [5, 5.41) is 0. The van der Waals surface area contributed by atoms with Gasteiger partial charge in [0, 0.05) is 12.3 Å². The van der Waals surface area contributed by atoms with Gasteiger partial charge in [-0.3, -0.25) is 4.79 Å². The van der Waals surface area contributed by atoms with Gasteiger partial charge in [-0.2, -0.15) is 0 Å². The summed E-state index contributed by atoms with van der Waals surface area (Å²) in [6, 6.07) is 8.06. The Bertz CT molecular complexity index is 394. The van der Waals surface area contributed by atoms with E-state index in [0.29, 0.717) is 11.7 Å². The monoisotopic (exact) mass is 246 g/mol. The van der Waals surface area contributed by atoms with E-state index < -0.39 is 0 Å². The number of hydrogen-bond donors (Lipinski definition) is 0. The van der Waals surface area contributed by atoms with Crippen molar-refractivity contribution in [3.05, 3.63) is 29.8 Å². The summed E-state index contributed by atoms with van der Waals surface area (Å²) in [6.45, 7) is 5.01. The highest BCUT2D eigenvalue weighted by atomic mass is 16.5. The maximum absolute atomic E-state index is 12.0. The molecule has 0 amide bonds. The van der Waals surface area contributed by atoms with E-state index in [1.807, 2.05) is 24.3 Å². The maximum Gasteiger partial charge on any atom is 0.140 e. The zero-order valence-corrected chi connectivity index (χ0v) is 11.3. The van der Waals surface area contributed by atoms with E-state index in [9.17, 15) is 4.79 Å². The number of benzene rings is 1. The van der Waals surface area contributed by atoms with Crippen molar-refractivity contribution in [3.63, 3.8) is 0 Å². The summed E-state index contributed by atoms with van der Waals surface area (Å²) in [5.74, 6) is 1.97. The van der Waals surface area contributed by atoms with Crippen LogP contribution in [0.2, 0.25) is 0 Å². The maximum atomic E-state index is 12.0. The zero-order valence-electron chi connectivity index (χ0n) is 11.3. The molecule has 1 aromatic rings. The quantitative estimate of drug-likeness (QED) is 0.804. The molecule has 2 heteroatoms. The molecule has 0 radical (unpaired) electrons. The van der Waals surface area contributed by atoms with Crippen LogP contribution in [0.5, 0.6) is 5.75 Å². The van der Waals surface area contributed by atoms with E-state index in [0.717, 1.165) is 43.6 Å². The number of Topliss-reactive ketones (excluding diaryl/α,β-unsaturated/α-hetero) is 1. The Kier molecular flexibility index (Phi) is 4.40. The van der Waals surface area contributed by atoms with Crippen LogP contribution >= 0.6 is 0 Å². The third-order valence-corrected chi connectivity index (χ3v) is 3.64. The number of ketones is 1. The van der Waals surface area contributed by atoms with Crippen molar-refractivity contribution in [3.8, 4) is 5.75 Å². The molecule has 0 heterocycles. The fourth-order valence-corrected chi connectivity index (χ4v) is 2.57. The molecule has 1 saturated carbocycles. The van der Waals surface area contributed by atoms with E-state index in [4.69, 9.17) is 4.74 Å². The van der Waals surface area contributed by atoms with Crippen molar-refractivity contribution in [1.82, 2.24) is 0 Å². The van der Waals surface area contributed by atoms with E-state index in [1.54, 1.807) is 0 Å². The predicted octanol–water partition coefficient (Wildman–Crippen LogP) is 3.95. The molecule has 2 nitrogen and oxygen atoms in total. The van der Waals surface area contributed by atoms with Crippen LogP contribution < -0.4 is 4.74 Å². The lowest BCUT2D eigenvalue weighted by atomic mass is 9.78.